The molecule has 1 atom stereocenters. The number of amides is 1. The predicted molar refractivity (Wildman–Crippen MR) is 61.0 cm³/mol. The summed E-state index contributed by atoms with van der Waals surface area (Å²) in [6.45, 7) is 1.62. The maximum Gasteiger partial charge on any atom is 0.286 e. The van der Waals surface area contributed by atoms with Crippen LogP contribution in [0.1, 0.15) is 12.5 Å². The van der Waals surface area contributed by atoms with Crippen molar-refractivity contribution in [1.82, 2.24) is 5.06 Å². The second-order valence-corrected chi connectivity index (χ2v) is 3.42. The molecule has 0 saturated heterocycles. The average Bonchev–Trinajstić information content (AvgIpc) is 2.37. The highest BCUT2D eigenvalue weighted by atomic mass is 16.7. The lowest BCUT2D eigenvalue weighted by molar-refractivity contribution is -0.175. The van der Waals surface area contributed by atoms with E-state index in [1.54, 1.807) is 31.2 Å². The quantitative estimate of drug-likeness (QED) is 0.738. The molecule has 0 N–H and O–H groups in total. The smallest absolute Gasteiger partial charge is 0.286 e. The Hall–Kier alpha value is -2.06. The summed E-state index contributed by atoms with van der Waals surface area (Å²) >= 11 is 0. The molecule has 5 nitrogen and oxygen atoms in total. The number of hydrogen-bond donors (Lipinski definition) is 0. The van der Waals surface area contributed by atoms with Gasteiger partial charge in [-0.1, -0.05) is 6.07 Å². The SMILES string of the molecule is CON(C)C(=O)C(C)Oc1cccc(C#N)c1. The lowest BCUT2D eigenvalue weighted by Gasteiger charge is -2.19. The Balaban J connectivity index is 2.71. The number of likely N-dealkylation sites (N-methyl/N-ethyl adjacent to an activating group) is 1. The molecule has 0 aliphatic heterocycles. The van der Waals surface area contributed by atoms with E-state index in [9.17, 15) is 4.79 Å². The van der Waals surface area contributed by atoms with Crippen molar-refractivity contribution in [3.05, 3.63) is 29.8 Å². The van der Waals surface area contributed by atoms with E-state index in [0.717, 1.165) is 5.06 Å². The molecule has 5 heteroatoms. The maximum atomic E-state index is 11.6. The molecular weight excluding hydrogens is 220 g/mol. The molecule has 0 bridgehead atoms. The Morgan fingerprint density at radius 3 is 2.82 bits per heavy atom. The van der Waals surface area contributed by atoms with Gasteiger partial charge < -0.3 is 4.74 Å². The van der Waals surface area contributed by atoms with Gasteiger partial charge in [-0.15, -0.1) is 0 Å². The van der Waals surface area contributed by atoms with Crippen molar-refractivity contribution in [2.75, 3.05) is 14.2 Å². The number of hydrogen-bond acceptors (Lipinski definition) is 4. The van der Waals surface area contributed by atoms with Gasteiger partial charge in [0.1, 0.15) is 5.75 Å². The zero-order valence-corrected chi connectivity index (χ0v) is 10.0. The first-order valence-electron chi connectivity index (χ1n) is 5.07. The summed E-state index contributed by atoms with van der Waals surface area (Å²) < 4.78 is 5.42. The van der Waals surface area contributed by atoms with Crippen LogP contribution in [0.15, 0.2) is 24.3 Å². The van der Waals surface area contributed by atoms with Crippen LogP contribution in [-0.4, -0.2) is 31.2 Å². The molecule has 0 aliphatic rings. The minimum Gasteiger partial charge on any atom is -0.481 e. The highest BCUT2D eigenvalue weighted by Gasteiger charge is 2.19. The molecule has 0 aliphatic carbocycles. The van der Waals surface area contributed by atoms with Gasteiger partial charge >= 0.3 is 0 Å². The molecular formula is C12H14N2O3. The summed E-state index contributed by atoms with van der Waals surface area (Å²) in [5, 5.41) is 9.83. The fraction of sp³-hybridized carbons (Fsp3) is 0.333. The maximum absolute atomic E-state index is 11.6. The third kappa shape index (κ3) is 3.47. The van der Waals surface area contributed by atoms with Crippen LogP contribution in [-0.2, 0) is 9.63 Å². The van der Waals surface area contributed by atoms with Gasteiger partial charge in [0.15, 0.2) is 6.10 Å². The molecule has 17 heavy (non-hydrogen) atoms. The summed E-state index contributed by atoms with van der Waals surface area (Å²) in [6, 6.07) is 8.64. The number of nitrogens with zero attached hydrogens (tertiary/aromatic N) is 2. The minimum absolute atomic E-state index is 0.296. The molecule has 1 unspecified atom stereocenters. The monoisotopic (exact) mass is 234 g/mol. The van der Waals surface area contributed by atoms with E-state index < -0.39 is 6.10 Å². The van der Waals surface area contributed by atoms with Crippen LogP contribution >= 0.6 is 0 Å². The third-order valence-corrected chi connectivity index (χ3v) is 2.21. The Bertz CT molecular complexity index is 440. The number of carbonyl (C=O) groups is 1. The van der Waals surface area contributed by atoms with Crippen molar-refractivity contribution in [2.45, 2.75) is 13.0 Å². The molecule has 0 radical (unpaired) electrons. The fourth-order valence-electron chi connectivity index (χ4n) is 1.24. The largest absolute Gasteiger partial charge is 0.481 e. The van der Waals surface area contributed by atoms with Crippen molar-refractivity contribution in [3.8, 4) is 11.8 Å². The number of hydroxylamine groups is 2. The summed E-state index contributed by atoms with van der Waals surface area (Å²) in [5.74, 6) is 0.185. The Kier molecular flexibility index (Phi) is 4.49. The van der Waals surface area contributed by atoms with Gasteiger partial charge in [-0.3, -0.25) is 9.63 Å². The van der Waals surface area contributed by atoms with Crippen LogP contribution < -0.4 is 4.74 Å². The number of ether oxygens (including phenoxy) is 1. The molecule has 1 rings (SSSR count). The molecule has 1 amide bonds. The van der Waals surface area contributed by atoms with Crippen LogP contribution in [0.25, 0.3) is 0 Å². The van der Waals surface area contributed by atoms with Crippen molar-refractivity contribution >= 4 is 5.91 Å². The van der Waals surface area contributed by atoms with Gasteiger partial charge in [0.25, 0.3) is 5.91 Å². The van der Waals surface area contributed by atoms with E-state index in [1.807, 2.05) is 6.07 Å². The summed E-state index contributed by atoms with van der Waals surface area (Å²) in [4.78, 5) is 16.4. The highest BCUT2D eigenvalue weighted by Crippen LogP contribution is 2.14. The molecule has 1 aromatic carbocycles. The number of nitriles is 1. The summed E-state index contributed by atoms with van der Waals surface area (Å²) in [6.07, 6.45) is -0.672. The van der Waals surface area contributed by atoms with E-state index in [4.69, 9.17) is 14.8 Å². The summed E-state index contributed by atoms with van der Waals surface area (Å²) in [7, 11) is 2.91. The average molecular weight is 234 g/mol. The topological polar surface area (TPSA) is 62.6 Å². The zero-order valence-electron chi connectivity index (χ0n) is 10.0. The fourth-order valence-corrected chi connectivity index (χ4v) is 1.24. The zero-order chi connectivity index (χ0) is 12.8. The van der Waals surface area contributed by atoms with Gasteiger partial charge in [0.2, 0.25) is 0 Å². The molecule has 0 heterocycles. The van der Waals surface area contributed by atoms with E-state index >= 15 is 0 Å². The van der Waals surface area contributed by atoms with Crippen molar-refractivity contribution < 1.29 is 14.4 Å². The van der Waals surface area contributed by atoms with Crippen molar-refractivity contribution in [1.29, 1.82) is 5.26 Å². The molecule has 0 aromatic heterocycles. The van der Waals surface area contributed by atoms with Gasteiger partial charge in [0.05, 0.1) is 18.7 Å². The second kappa shape index (κ2) is 5.87. The minimum atomic E-state index is -0.672. The Morgan fingerprint density at radius 1 is 1.53 bits per heavy atom. The highest BCUT2D eigenvalue weighted by molar-refractivity contribution is 5.79. The first-order chi connectivity index (χ1) is 8.08. The van der Waals surface area contributed by atoms with Gasteiger partial charge in [-0.2, -0.15) is 5.26 Å². The third-order valence-electron chi connectivity index (χ3n) is 2.21. The molecule has 1 aromatic rings. The number of benzene rings is 1. The lowest BCUT2D eigenvalue weighted by atomic mass is 10.2. The Morgan fingerprint density at radius 2 is 2.24 bits per heavy atom. The van der Waals surface area contributed by atoms with Crippen LogP contribution in [0, 0.1) is 11.3 Å². The predicted octanol–water partition coefficient (Wildman–Crippen LogP) is 1.35. The lowest BCUT2D eigenvalue weighted by Crippen LogP contribution is -2.37. The van der Waals surface area contributed by atoms with Crippen LogP contribution in [0.4, 0.5) is 0 Å². The normalized spacial score (nSPS) is 11.4. The van der Waals surface area contributed by atoms with Gasteiger partial charge in [-0.05, 0) is 25.1 Å². The van der Waals surface area contributed by atoms with Crippen molar-refractivity contribution in [2.24, 2.45) is 0 Å². The second-order valence-electron chi connectivity index (χ2n) is 3.42. The van der Waals surface area contributed by atoms with E-state index in [2.05, 4.69) is 0 Å². The van der Waals surface area contributed by atoms with E-state index in [-0.39, 0.29) is 5.91 Å². The van der Waals surface area contributed by atoms with E-state index in [1.165, 1.54) is 14.2 Å². The van der Waals surface area contributed by atoms with Gasteiger partial charge in [0, 0.05) is 7.05 Å². The first kappa shape index (κ1) is 13.0. The van der Waals surface area contributed by atoms with Crippen LogP contribution in [0.5, 0.6) is 5.75 Å². The molecule has 0 fully saturated rings. The van der Waals surface area contributed by atoms with E-state index in [0.29, 0.717) is 11.3 Å². The number of rotatable bonds is 4. The summed E-state index contributed by atoms with van der Waals surface area (Å²) in [5.41, 5.74) is 0.488. The van der Waals surface area contributed by atoms with Crippen molar-refractivity contribution in [3.63, 3.8) is 0 Å². The van der Waals surface area contributed by atoms with Crippen LogP contribution in [0.3, 0.4) is 0 Å². The number of carbonyl (C=O) groups excluding carboxylic acids is 1. The molecule has 0 spiro atoms. The first-order valence-corrected chi connectivity index (χ1v) is 5.07. The molecule has 90 valence electrons. The van der Waals surface area contributed by atoms with Crippen LogP contribution in [0.2, 0.25) is 0 Å². The molecule has 0 saturated carbocycles. The Labute approximate surface area is 100 Å². The standard InChI is InChI=1S/C12H14N2O3/c1-9(12(15)14(2)16-3)17-11-6-4-5-10(7-11)8-13/h4-7,9H,1-3H3. The van der Waals surface area contributed by atoms with Gasteiger partial charge in [-0.25, -0.2) is 5.06 Å².